The van der Waals surface area contributed by atoms with Gasteiger partial charge in [0.15, 0.2) is 0 Å². The first-order valence-electron chi connectivity index (χ1n) is 5.97. The van der Waals surface area contributed by atoms with Crippen LogP contribution in [0.3, 0.4) is 0 Å². The SMILES string of the molecule is COCC#Cc1ccc(Br)c(Cc2ccccc2)n1. The van der Waals surface area contributed by atoms with Gasteiger partial charge in [0.2, 0.25) is 0 Å². The zero-order chi connectivity index (χ0) is 13.5. The molecule has 1 heterocycles. The third-order valence-electron chi connectivity index (χ3n) is 2.57. The van der Waals surface area contributed by atoms with Gasteiger partial charge in [-0.15, -0.1) is 0 Å². The highest BCUT2D eigenvalue weighted by molar-refractivity contribution is 9.10. The molecule has 1 aromatic carbocycles. The van der Waals surface area contributed by atoms with Gasteiger partial charge < -0.3 is 4.74 Å². The van der Waals surface area contributed by atoms with E-state index in [4.69, 9.17) is 4.74 Å². The van der Waals surface area contributed by atoms with Gasteiger partial charge in [0.05, 0.1) is 5.69 Å². The number of pyridine rings is 1. The molecule has 19 heavy (non-hydrogen) atoms. The Morgan fingerprint density at radius 2 is 1.95 bits per heavy atom. The molecule has 0 N–H and O–H groups in total. The van der Waals surface area contributed by atoms with Crippen LogP contribution in [0.1, 0.15) is 17.0 Å². The summed E-state index contributed by atoms with van der Waals surface area (Å²) < 4.78 is 5.91. The van der Waals surface area contributed by atoms with Crippen LogP contribution in [0.2, 0.25) is 0 Å². The highest BCUT2D eigenvalue weighted by Crippen LogP contribution is 2.18. The number of methoxy groups -OCH3 is 1. The molecule has 0 unspecified atom stereocenters. The number of ether oxygens (including phenoxy) is 1. The lowest BCUT2D eigenvalue weighted by atomic mass is 10.1. The van der Waals surface area contributed by atoms with Gasteiger partial charge in [-0.2, -0.15) is 0 Å². The van der Waals surface area contributed by atoms with Gasteiger partial charge in [-0.3, -0.25) is 0 Å². The van der Waals surface area contributed by atoms with E-state index in [9.17, 15) is 0 Å². The summed E-state index contributed by atoms with van der Waals surface area (Å²) >= 11 is 3.53. The second-order valence-corrected chi connectivity index (χ2v) is 4.88. The number of halogens is 1. The van der Waals surface area contributed by atoms with E-state index < -0.39 is 0 Å². The summed E-state index contributed by atoms with van der Waals surface area (Å²) in [5, 5.41) is 0. The molecule has 0 saturated heterocycles. The average Bonchev–Trinajstić information content (AvgIpc) is 2.44. The standard InChI is InChI=1S/C16H14BrNO/c1-19-11-5-8-14-9-10-15(17)16(18-14)12-13-6-3-2-4-7-13/h2-4,6-7,9-10H,11-12H2,1H3. The highest BCUT2D eigenvalue weighted by Gasteiger charge is 2.03. The summed E-state index contributed by atoms with van der Waals surface area (Å²) in [6.45, 7) is 0.422. The second kappa shape index (κ2) is 7.08. The fraction of sp³-hybridized carbons (Fsp3) is 0.188. The van der Waals surface area contributed by atoms with Crippen molar-refractivity contribution in [3.05, 3.63) is 63.9 Å². The third-order valence-corrected chi connectivity index (χ3v) is 3.29. The molecular formula is C16H14BrNO. The van der Waals surface area contributed by atoms with E-state index in [2.05, 4.69) is 44.9 Å². The molecule has 2 rings (SSSR count). The first-order chi connectivity index (χ1) is 9.29. The van der Waals surface area contributed by atoms with Crippen molar-refractivity contribution in [3.63, 3.8) is 0 Å². The van der Waals surface area contributed by atoms with Crippen LogP contribution in [-0.4, -0.2) is 18.7 Å². The van der Waals surface area contributed by atoms with E-state index in [-0.39, 0.29) is 0 Å². The Kier molecular flexibility index (Phi) is 5.14. The van der Waals surface area contributed by atoms with Crippen LogP contribution < -0.4 is 0 Å². The summed E-state index contributed by atoms with van der Waals surface area (Å²) in [6, 6.07) is 14.2. The number of hydrogen-bond donors (Lipinski definition) is 0. The molecule has 3 heteroatoms. The topological polar surface area (TPSA) is 22.1 Å². The number of rotatable bonds is 3. The molecule has 0 spiro atoms. The number of nitrogens with zero attached hydrogens (tertiary/aromatic N) is 1. The summed E-state index contributed by atoms with van der Waals surface area (Å²) in [5.41, 5.74) is 3.00. The summed E-state index contributed by atoms with van der Waals surface area (Å²) in [6.07, 6.45) is 0.793. The van der Waals surface area contributed by atoms with Gasteiger partial charge in [-0.1, -0.05) is 36.3 Å². The van der Waals surface area contributed by atoms with Gasteiger partial charge >= 0.3 is 0 Å². The molecule has 0 fully saturated rings. The maximum Gasteiger partial charge on any atom is 0.113 e. The van der Waals surface area contributed by atoms with Gasteiger partial charge in [0.25, 0.3) is 0 Å². The predicted molar refractivity (Wildman–Crippen MR) is 79.9 cm³/mol. The molecule has 1 aromatic heterocycles. The molecule has 0 amide bonds. The van der Waals surface area contributed by atoms with Gasteiger partial charge in [0.1, 0.15) is 12.3 Å². The Bertz CT molecular complexity index is 599. The quantitative estimate of drug-likeness (QED) is 0.810. The van der Waals surface area contributed by atoms with E-state index in [1.54, 1.807) is 7.11 Å². The van der Waals surface area contributed by atoms with E-state index in [0.717, 1.165) is 22.3 Å². The Labute approximate surface area is 122 Å². The molecule has 0 atom stereocenters. The van der Waals surface area contributed by atoms with Crippen molar-refractivity contribution >= 4 is 15.9 Å². The van der Waals surface area contributed by atoms with Crippen LogP contribution in [0.25, 0.3) is 0 Å². The molecule has 2 nitrogen and oxygen atoms in total. The zero-order valence-electron chi connectivity index (χ0n) is 10.7. The number of benzene rings is 1. The Hall–Kier alpha value is -1.63. The van der Waals surface area contributed by atoms with Crippen LogP contribution >= 0.6 is 15.9 Å². The Morgan fingerprint density at radius 3 is 2.68 bits per heavy atom. The van der Waals surface area contributed by atoms with Crippen LogP contribution in [0.4, 0.5) is 0 Å². The smallest absolute Gasteiger partial charge is 0.113 e. The molecule has 0 aliphatic rings. The summed E-state index contributed by atoms with van der Waals surface area (Å²) in [5.74, 6) is 5.90. The lowest BCUT2D eigenvalue weighted by Crippen LogP contribution is -1.96. The maximum absolute atomic E-state index is 4.90. The minimum atomic E-state index is 0.422. The maximum atomic E-state index is 4.90. The molecule has 0 saturated carbocycles. The fourth-order valence-corrected chi connectivity index (χ4v) is 2.03. The molecule has 0 aliphatic heterocycles. The first-order valence-corrected chi connectivity index (χ1v) is 6.76. The molecule has 96 valence electrons. The Balaban J connectivity index is 2.21. The van der Waals surface area contributed by atoms with Crippen molar-refractivity contribution in [1.82, 2.24) is 4.98 Å². The van der Waals surface area contributed by atoms with Crippen molar-refractivity contribution in [2.75, 3.05) is 13.7 Å². The monoisotopic (exact) mass is 315 g/mol. The van der Waals surface area contributed by atoms with E-state index in [0.29, 0.717) is 6.61 Å². The zero-order valence-corrected chi connectivity index (χ0v) is 12.3. The van der Waals surface area contributed by atoms with E-state index in [1.165, 1.54) is 5.56 Å². The highest BCUT2D eigenvalue weighted by atomic mass is 79.9. The Morgan fingerprint density at radius 1 is 1.16 bits per heavy atom. The fourth-order valence-electron chi connectivity index (χ4n) is 1.67. The largest absolute Gasteiger partial charge is 0.372 e. The predicted octanol–water partition coefficient (Wildman–Crippen LogP) is 3.43. The van der Waals surface area contributed by atoms with Crippen LogP contribution in [0.5, 0.6) is 0 Å². The summed E-state index contributed by atoms with van der Waals surface area (Å²) in [7, 11) is 1.63. The number of aromatic nitrogens is 1. The third kappa shape index (κ3) is 4.20. The van der Waals surface area contributed by atoms with Crippen molar-refractivity contribution < 1.29 is 4.74 Å². The van der Waals surface area contributed by atoms with Crippen LogP contribution in [-0.2, 0) is 11.2 Å². The number of hydrogen-bond acceptors (Lipinski definition) is 2. The average molecular weight is 316 g/mol. The van der Waals surface area contributed by atoms with E-state index >= 15 is 0 Å². The lowest BCUT2D eigenvalue weighted by Gasteiger charge is -2.04. The van der Waals surface area contributed by atoms with Crippen LogP contribution in [0, 0.1) is 11.8 Å². The molecular weight excluding hydrogens is 302 g/mol. The molecule has 0 aliphatic carbocycles. The van der Waals surface area contributed by atoms with Gasteiger partial charge in [-0.25, -0.2) is 4.98 Å². The normalized spacial score (nSPS) is 9.79. The molecule has 2 aromatic rings. The van der Waals surface area contributed by atoms with Crippen LogP contribution in [0.15, 0.2) is 46.9 Å². The second-order valence-electron chi connectivity index (χ2n) is 4.02. The van der Waals surface area contributed by atoms with Gasteiger partial charge in [0, 0.05) is 18.0 Å². The first kappa shape index (κ1) is 13.8. The molecule has 0 bridgehead atoms. The van der Waals surface area contributed by atoms with E-state index in [1.807, 2.05) is 30.3 Å². The lowest BCUT2D eigenvalue weighted by molar-refractivity contribution is 0.240. The van der Waals surface area contributed by atoms with Crippen molar-refractivity contribution in [2.45, 2.75) is 6.42 Å². The minimum absolute atomic E-state index is 0.422. The summed E-state index contributed by atoms with van der Waals surface area (Å²) in [4.78, 5) is 4.56. The van der Waals surface area contributed by atoms with Crippen molar-refractivity contribution in [2.24, 2.45) is 0 Å². The van der Waals surface area contributed by atoms with Crippen molar-refractivity contribution in [1.29, 1.82) is 0 Å². The minimum Gasteiger partial charge on any atom is -0.372 e. The van der Waals surface area contributed by atoms with Crippen molar-refractivity contribution in [3.8, 4) is 11.8 Å². The van der Waals surface area contributed by atoms with Gasteiger partial charge in [-0.05, 0) is 39.5 Å². The molecule has 0 radical (unpaired) electrons.